The molecule has 2 saturated carbocycles. The fourth-order valence-electron chi connectivity index (χ4n) is 7.80. The topological polar surface area (TPSA) is 154 Å². The highest BCUT2D eigenvalue weighted by molar-refractivity contribution is 6.01. The molecule has 3 aliphatic heterocycles. The second-order valence-electron chi connectivity index (χ2n) is 12.2. The molecule has 5 aliphatic rings. The lowest BCUT2D eigenvalue weighted by Gasteiger charge is -2.37. The van der Waals surface area contributed by atoms with Gasteiger partial charge in [0.25, 0.3) is 5.91 Å². The first-order chi connectivity index (χ1) is 19.6. The summed E-state index contributed by atoms with van der Waals surface area (Å²) in [5.41, 5.74) is -1.51. The first-order valence-electron chi connectivity index (χ1n) is 14.0. The predicted molar refractivity (Wildman–Crippen MR) is 140 cm³/mol. The number of nitrogens with zero attached hydrogens (tertiary/aromatic N) is 4. The maximum Gasteiger partial charge on any atom is 0.407 e. The highest BCUT2D eigenvalue weighted by atomic mass is 19.1. The number of hydrogen-bond acceptors (Lipinski definition) is 8. The van der Waals surface area contributed by atoms with E-state index in [0.717, 1.165) is 0 Å². The van der Waals surface area contributed by atoms with E-state index in [4.69, 9.17) is 9.47 Å². The number of methoxy groups -OCH3 is 1. The van der Waals surface area contributed by atoms with Gasteiger partial charge in [-0.3, -0.25) is 14.4 Å². The Bertz CT molecular complexity index is 1340. The number of ether oxygens (including phenoxy) is 2. The maximum absolute atomic E-state index is 15.1. The van der Waals surface area contributed by atoms with Crippen molar-refractivity contribution < 1.29 is 33.0 Å². The molecule has 2 saturated heterocycles. The highest BCUT2D eigenvalue weighted by Gasteiger charge is 2.65. The van der Waals surface area contributed by atoms with Crippen LogP contribution in [0.1, 0.15) is 33.1 Å². The quantitative estimate of drug-likeness (QED) is 0.554. The van der Waals surface area contributed by atoms with Gasteiger partial charge in [0.05, 0.1) is 19.7 Å². The molecule has 9 atom stereocenters. The van der Waals surface area contributed by atoms with Gasteiger partial charge >= 0.3 is 6.09 Å². The second-order valence-corrected chi connectivity index (χ2v) is 12.2. The van der Waals surface area contributed by atoms with E-state index >= 15 is 4.39 Å². The summed E-state index contributed by atoms with van der Waals surface area (Å²) in [6.07, 6.45) is 0.645. The average Bonchev–Trinajstić information content (AvgIpc) is 3.70. The smallest absolute Gasteiger partial charge is 0.407 e. The summed E-state index contributed by atoms with van der Waals surface area (Å²) in [6, 6.07) is 2.43. The zero-order valence-corrected chi connectivity index (χ0v) is 23.1. The van der Waals surface area contributed by atoms with Gasteiger partial charge in [-0.05, 0) is 54.6 Å². The van der Waals surface area contributed by atoms with E-state index in [-0.39, 0.29) is 49.0 Å². The number of carbonyl (C=O) groups excluding carboxylic acids is 4. The van der Waals surface area contributed by atoms with E-state index in [1.54, 1.807) is 26.0 Å². The van der Waals surface area contributed by atoms with Crippen molar-refractivity contribution in [3.8, 4) is 11.8 Å². The molecule has 1 aromatic rings. The van der Waals surface area contributed by atoms with E-state index in [2.05, 4.69) is 21.7 Å². The third-order valence-electron chi connectivity index (χ3n) is 9.68. The molecule has 13 heteroatoms. The number of nitrogens with one attached hydrogen (secondary N) is 2. The van der Waals surface area contributed by atoms with Crippen molar-refractivity contribution in [2.24, 2.45) is 29.6 Å². The SMILES string of the molecule is COC(=O)NC(C(=O)N1CC2C3CC(F)C(C3)C2C1C(=O)N1CC2(CC1C#N)Oc1cccnc1NC2=O)C(C)C. The number of nitriles is 1. The van der Waals surface area contributed by atoms with Crippen LogP contribution in [0, 0.1) is 40.9 Å². The molecule has 0 radical (unpaired) electrons. The van der Waals surface area contributed by atoms with E-state index in [1.165, 1.54) is 23.1 Å². The van der Waals surface area contributed by atoms with Crippen molar-refractivity contribution in [1.29, 1.82) is 5.26 Å². The van der Waals surface area contributed by atoms with Crippen molar-refractivity contribution in [2.75, 3.05) is 25.5 Å². The Morgan fingerprint density at radius 2 is 2.07 bits per heavy atom. The number of amides is 4. The van der Waals surface area contributed by atoms with Gasteiger partial charge in [0.15, 0.2) is 11.6 Å². The van der Waals surface area contributed by atoms with Crippen LogP contribution >= 0.6 is 0 Å². The van der Waals surface area contributed by atoms with Crippen molar-refractivity contribution in [3.05, 3.63) is 18.3 Å². The van der Waals surface area contributed by atoms with Crippen LogP contribution in [0.3, 0.4) is 0 Å². The van der Waals surface area contributed by atoms with Crippen molar-refractivity contribution in [3.63, 3.8) is 0 Å². The number of anilines is 1. The van der Waals surface area contributed by atoms with E-state index in [1.807, 2.05) is 0 Å². The standard InChI is InChI=1S/C28H33FN6O6/c1-13(2)21(32-27(39)40-3)24(36)34-11-17-14-7-16(18(29)8-14)20(17)22(34)25(37)35-12-28(9-15(35)10-30)26(38)33-23-19(41-28)5-4-6-31-23/h4-6,13-18,20-22H,7-9,11-12H2,1-3H3,(H,32,39)(H,31,33,38). The van der Waals surface area contributed by atoms with Crippen LogP contribution in [0.2, 0.25) is 0 Å². The van der Waals surface area contributed by atoms with E-state index < -0.39 is 59.6 Å². The molecule has 41 heavy (non-hydrogen) atoms. The lowest BCUT2D eigenvalue weighted by atomic mass is 9.77. The van der Waals surface area contributed by atoms with Gasteiger partial charge in [0.1, 0.15) is 24.3 Å². The third-order valence-corrected chi connectivity index (χ3v) is 9.68. The Morgan fingerprint density at radius 3 is 2.78 bits per heavy atom. The lowest BCUT2D eigenvalue weighted by molar-refractivity contribution is -0.148. The lowest BCUT2D eigenvalue weighted by Crippen LogP contribution is -2.59. The van der Waals surface area contributed by atoms with Crippen LogP contribution in [0.5, 0.6) is 5.75 Å². The van der Waals surface area contributed by atoms with Gasteiger partial charge in [-0.25, -0.2) is 14.2 Å². The Hall–Kier alpha value is -3.95. The van der Waals surface area contributed by atoms with Gasteiger partial charge in [0.2, 0.25) is 17.4 Å². The minimum atomic E-state index is -1.51. The molecule has 2 N–H and O–H groups in total. The third kappa shape index (κ3) is 4.18. The van der Waals surface area contributed by atoms with Crippen LogP contribution in [0.25, 0.3) is 0 Å². The van der Waals surface area contributed by atoms with Crippen molar-refractivity contribution in [1.82, 2.24) is 20.1 Å². The van der Waals surface area contributed by atoms with Crippen LogP contribution in [-0.4, -0.2) is 88.7 Å². The number of pyridine rings is 1. The Balaban J connectivity index is 1.33. The molecule has 9 unspecified atom stereocenters. The number of carbonyl (C=O) groups is 4. The van der Waals surface area contributed by atoms with Crippen molar-refractivity contribution >= 4 is 29.6 Å². The van der Waals surface area contributed by atoms with Gasteiger partial charge < -0.3 is 29.9 Å². The molecule has 2 bridgehead atoms. The number of alkyl carbamates (subject to hydrolysis) is 1. The van der Waals surface area contributed by atoms with Crippen molar-refractivity contribution in [2.45, 2.75) is 63.0 Å². The van der Waals surface area contributed by atoms with Crippen LogP contribution in [-0.2, 0) is 19.1 Å². The normalized spacial score (nSPS) is 35.4. The number of halogens is 1. The largest absolute Gasteiger partial charge is 0.472 e. The first-order valence-corrected chi connectivity index (χ1v) is 14.0. The summed E-state index contributed by atoms with van der Waals surface area (Å²) >= 11 is 0. The number of aromatic nitrogens is 1. The van der Waals surface area contributed by atoms with Gasteiger partial charge in [-0.2, -0.15) is 5.26 Å². The molecule has 4 fully saturated rings. The highest BCUT2D eigenvalue weighted by Crippen LogP contribution is 2.59. The second kappa shape index (κ2) is 9.85. The average molecular weight is 569 g/mol. The minimum absolute atomic E-state index is 0.0484. The molecular formula is C28H33FN6O6. The zero-order valence-electron chi connectivity index (χ0n) is 23.1. The van der Waals surface area contributed by atoms with Crippen LogP contribution in [0.4, 0.5) is 15.0 Å². The summed E-state index contributed by atoms with van der Waals surface area (Å²) < 4.78 is 25.9. The summed E-state index contributed by atoms with van der Waals surface area (Å²) in [4.78, 5) is 60.6. The molecule has 218 valence electrons. The number of rotatable bonds is 4. The van der Waals surface area contributed by atoms with Crippen LogP contribution < -0.4 is 15.4 Å². The monoisotopic (exact) mass is 568 g/mol. The number of alkyl halides is 1. The molecule has 12 nitrogen and oxygen atoms in total. The van der Waals surface area contributed by atoms with E-state index in [0.29, 0.717) is 18.6 Å². The Kier molecular flexibility index (Phi) is 6.54. The summed E-state index contributed by atoms with van der Waals surface area (Å²) in [6.45, 7) is 3.60. The van der Waals surface area contributed by atoms with Gasteiger partial charge in [0, 0.05) is 19.2 Å². The fraction of sp³-hybridized carbons (Fsp3) is 0.643. The van der Waals surface area contributed by atoms with E-state index in [9.17, 15) is 24.4 Å². The predicted octanol–water partition coefficient (Wildman–Crippen LogP) is 1.48. The molecular weight excluding hydrogens is 535 g/mol. The number of fused-ring (bicyclic) bond motifs is 6. The Labute approximate surface area is 236 Å². The minimum Gasteiger partial charge on any atom is -0.472 e. The zero-order chi connectivity index (χ0) is 29.2. The Morgan fingerprint density at radius 1 is 1.29 bits per heavy atom. The molecule has 2 aliphatic carbocycles. The summed E-state index contributed by atoms with van der Waals surface area (Å²) in [7, 11) is 1.20. The summed E-state index contributed by atoms with van der Waals surface area (Å²) in [5, 5.41) is 15.4. The number of hydrogen-bond donors (Lipinski definition) is 2. The van der Waals surface area contributed by atoms with Crippen LogP contribution in [0.15, 0.2) is 18.3 Å². The molecule has 1 spiro atoms. The molecule has 4 heterocycles. The molecule has 6 rings (SSSR count). The molecule has 1 aromatic heterocycles. The fourth-order valence-corrected chi connectivity index (χ4v) is 7.80. The number of likely N-dealkylation sites (tertiary alicyclic amines) is 2. The molecule has 0 aromatic carbocycles. The van der Waals surface area contributed by atoms with Gasteiger partial charge in [-0.15, -0.1) is 0 Å². The molecule has 4 amide bonds. The maximum atomic E-state index is 15.1. The first kappa shape index (κ1) is 27.2. The summed E-state index contributed by atoms with van der Waals surface area (Å²) in [5.74, 6) is -2.04. The van der Waals surface area contributed by atoms with Gasteiger partial charge in [-0.1, -0.05) is 13.8 Å².